The van der Waals surface area contributed by atoms with Crippen molar-refractivity contribution in [3.8, 4) is 0 Å². The molecule has 0 bridgehead atoms. The monoisotopic (exact) mass is 350 g/mol. The Balaban J connectivity index is 3.42. The SMILES string of the molecule is COCCC(C)OCCOC(C)CCOC(=O)NCCOCCN. The maximum Gasteiger partial charge on any atom is 0.407 e. The number of nitrogens with two attached hydrogens (primary N) is 1. The highest BCUT2D eigenvalue weighted by molar-refractivity contribution is 5.66. The first-order chi connectivity index (χ1) is 11.6. The van der Waals surface area contributed by atoms with Crippen LogP contribution < -0.4 is 11.1 Å². The fourth-order valence-electron chi connectivity index (χ4n) is 1.73. The second-order valence-electron chi connectivity index (χ2n) is 5.40. The summed E-state index contributed by atoms with van der Waals surface area (Å²) in [5.41, 5.74) is 5.28. The van der Waals surface area contributed by atoms with Crippen LogP contribution in [0.25, 0.3) is 0 Å². The van der Waals surface area contributed by atoms with Crippen molar-refractivity contribution in [1.82, 2.24) is 5.32 Å². The number of carbonyl (C=O) groups excluding carboxylic acids is 1. The van der Waals surface area contributed by atoms with Crippen LogP contribution in [0.15, 0.2) is 0 Å². The number of ether oxygens (including phenoxy) is 5. The second-order valence-corrected chi connectivity index (χ2v) is 5.40. The fourth-order valence-corrected chi connectivity index (χ4v) is 1.73. The molecule has 0 saturated carbocycles. The summed E-state index contributed by atoms with van der Waals surface area (Å²) in [6.45, 7) is 7.80. The Labute approximate surface area is 145 Å². The summed E-state index contributed by atoms with van der Waals surface area (Å²) in [7, 11) is 1.68. The van der Waals surface area contributed by atoms with Crippen molar-refractivity contribution < 1.29 is 28.5 Å². The highest BCUT2D eigenvalue weighted by atomic mass is 16.6. The summed E-state index contributed by atoms with van der Waals surface area (Å²) in [5.74, 6) is 0. The van der Waals surface area contributed by atoms with Crippen LogP contribution in [0, 0.1) is 0 Å². The van der Waals surface area contributed by atoms with Crippen molar-refractivity contribution in [2.45, 2.75) is 38.9 Å². The molecule has 0 aliphatic heterocycles. The highest BCUT2D eigenvalue weighted by Crippen LogP contribution is 2.01. The van der Waals surface area contributed by atoms with Crippen molar-refractivity contribution in [1.29, 1.82) is 0 Å². The third-order valence-electron chi connectivity index (χ3n) is 3.15. The summed E-state index contributed by atoms with van der Waals surface area (Å²) >= 11 is 0. The first kappa shape index (κ1) is 23.1. The third-order valence-corrected chi connectivity index (χ3v) is 3.15. The van der Waals surface area contributed by atoms with Gasteiger partial charge in [0.1, 0.15) is 0 Å². The van der Waals surface area contributed by atoms with Crippen molar-refractivity contribution in [2.75, 3.05) is 59.8 Å². The minimum absolute atomic E-state index is 0.00330. The van der Waals surface area contributed by atoms with Gasteiger partial charge in [-0.1, -0.05) is 0 Å². The molecule has 0 aliphatic rings. The van der Waals surface area contributed by atoms with Crippen LogP contribution in [0.3, 0.4) is 0 Å². The molecule has 1 amide bonds. The molecule has 0 rings (SSSR count). The van der Waals surface area contributed by atoms with Crippen LogP contribution in [0.5, 0.6) is 0 Å². The van der Waals surface area contributed by atoms with Gasteiger partial charge in [-0.05, 0) is 20.3 Å². The normalized spacial score (nSPS) is 13.5. The van der Waals surface area contributed by atoms with Gasteiger partial charge in [0.25, 0.3) is 0 Å². The predicted molar refractivity (Wildman–Crippen MR) is 91.2 cm³/mol. The van der Waals surface area contributed by atoms with Crippen LogP contribution in [-0.4, -0.2) is 78.1 Å². The molecule has 2 unspecified atom stereocenters. The molecule has 24 heavy (non-hydrogen) atoms. The number of rotatable bonds is 16. The van der Waals surface area contributed by atoms with Gasteiger partial charge in [0.2, 0.25) is 0 Å². The second kappa shape index (κ2) is 16.9. The molecule has 0 aromatic carbocycles. The van der Waals surface area contributed by atoms with E-state index >= 15 is 0 Å². The number of nitrogens with one attached hydrogen (secondary N) is 1. The Hall–Kier alpha value is -0.930. The number of carbonyl (C=O) groups is 1. The first-order valence-corrected chi connectivity index (χ1v) is 8.50. The lowest BCUT2D eigenvalue weighted by molar-refractivity contribution is -0.0250. The van der Waals surface area contributed by atoms with Crippen LogP contribution in [0.1, 0.15) is 26.7 Å². The predicted octanol–water partition coefficient (Wildman–Crippen LogP) is 0.925. The van der Waals surface area contributed by atoms with Gasteiger partial charge in [0.05, 0.1) is 45.2 Å². The molecule has 3 N–H and O–H groups in total. The summed E-state index contributed by atoms with van der Waals surface area (Å²) in [4.78, 5) is 11.4. The highest BCUT2D eigenvalue weighted by Gasteiger charge is 2.07. The first-order valence-electron chi connectivity index (χ1n) is 8.50. The van der Waals surface area contributed by atoms with E-state index in [0.717, 1.165) is 6.42 Å². The lowest BCUT2D eigenvalue weighted by Gasteiger charge is -2.16. The molecule has 0 fully saturated rings. The van der Waals surface area contributed by atoms with Gasteiger partial charge in [-0.25, -0.2) is 4.79 Å². The van der Waals surface area contributed by atoms with Crippen LogP contribution in [0.2, 0.25) is 0 Å². The van der Waals surface area contributed by atoms with Gasteiger partial charge in [0.15, 0.2) is 0 Å². The Kier molecular flexibility index (Phi) is 16.3. The van der Waals surface area contributed by atoms with Crippen molar-refractivity contribution in [3.63, 3.8) is 0 Å². The van der Waals surface area contributed by atoms with Crippen molar-refractivity contribution in [2.24, 2.45) is 5.73 Å². The molecule has 0 aliphatic carbocycles. The summed E-state index contributed by atoms with van der Waals surface area (Å²) < 4.78 is 26.4. The molecular formula is C16H34N2O6. The minimum atomic E-state index is -0.450. The number of methoxy groups -OCH3 is 1. The van der Waals surface area contributed by atoms with E-state index in [1.54, 1.807) is 7.11 Å². The van der Waals surface area contributed by atoms with Gasteiger partial charge < -0.3 is 34.7 Å². The number of hydrogen-bond donors (Lipinski definition) is 2. The molecule has 0 aromatic rings. The fraction of sp³-hybridized carbons (Fsp3) is 0.938. The average Bonchev–Trinajstić information content (AvgIpc) is 2.56. The van der Waals surface area contributed by atoms with Gasteiger partial charge in [-0.2, -0.15) is 0 Å². The van der Waals surface area contributed by atoms with E-state index < -0.39 is 6.09 Å². The summed E-state index contributed by atoms with van der Waals surface area (Å²) in [5, 5.41) is 2.60. The van der Waals surface area contributed by atoms with Gasteiger partial charge in [-0.3, -0.25) is 0 Å². The minimum Gasteiger partial charge on any atom is -0.449 e. The van der Waals surface area contributed by atoms with Crippen LogP contribution in [0.4, 0.5) is 4.79 Å². The maximum atomic E-state index is 11.4. The van der Waals surface area contributed by atoms with E-state index in [2.05, 4.69) is 5.32 Å². The molecule has 8 nitrogen and oxygen atoms in total. The van der Waals surface area contributed by atoms with E-state index in [4.69, 9.17) is 29.4 Å². The average molecular weight is 350 g/mol. The van der Waals surface area contributed by atoms with E-state index in [-0.39, 0.29) is 12.2 Å². The van der Waals surface area contributed by atoms with E-state index in [9.17, 15) is 4.79 Å². The zero-order valence-corrected chi connectivity index (χ0v) is 15.3. The molecular weight excluding hydrogens is 316 g/mol. The van der Waals surface area contributed by atoms with Gasteiger partial charge in [-0.15, -0.1) is 0 Å². The number of hydrogen-bond acceptors (Lipinski definition) is 7. The quantitative estimate of drug-likeness (QED) is 0.399. The summed E-state index contributed by atoms with van der Waals surface area (Å²) in [6.07, 6.45) is 1.21. The smallest absolute Gasteiger partial charge is 0.407 e. The zero-order valence-electron chi connectivity index (χ0n) is 15.3. The number of amides is 1. The van der Waals surface area contributed by atoms with Gasteiger partial charge in [0, 0.05) is 33.2 Å². The Bertz CT molecular complexity index is 294. The lowest BCUT2D eigenvalue weighted by Crippen LogP contribution is -2.29. The maximum absolute atomic E-state index is 11.4. The molecule has 0 heterocycles. The zero-order chi connectivity index (χ0) is 18.0. The Morgan fingerprint density at radius 2 is 1.58 bits per heavy atom. The van der Waals surface area contributed by atoms with Crippen LogP contribution >= 0.6 is 0 Å². The Morgan fingerprint density at radius 3 is 2.17 bits per heavy atom. The Morgan fingerprint density at radius 1 is 0.958 bits per heavy atom. The number of alkyl carbamates (subject to hydrolysis) is 1. The van der Waals surface area contributed by atoms with E-state index in [1.807, 2.05) is 13.8 Å². The van der Waals surface area contributed by atoms with E-state index in [1.165, 1.54) is 0 Å². The molecule has 0 saturated heterocycles. The van der Waals surface area contributed by atoms with Crippen molar-refractivity contribution >= 4 is 6.09 Å². The topological polar surface area (TPSA) is 101 Å². The molecule has 144 valence electrons. The molecule has 0 aromatic heterocycles. The largest absolute Gasteiger partial charge is 0.449 e. The lowest BCUT2D eigenvalue weighted by atomic mass is 10.3. The summed E-state index contributed by atoms with van der Waals surface area (Å²) in [6, 6.07) is 0. The molecule has 0 radical (unpaired) electrons. The molecule has 0 spiro atoms. The standard InChI is InChI=1S/C16H34N2O6/c1-14(4-8-20-3)22-12-13-23-15(2)5-9-24-16(19)18-7-11-21-10-6-17/h14-15H,4-13,17H2,1-3H3,(H,18,19). The van der Waals surface area contributed by atoms with Crippen molar-refractivity contribution in [3.05, 3.63) is 0 Å². The molecule has 8 heteroatoms. The van der Waals surface area contributed by atoms with E-state index in [0.29, 0.717) is 59.2 Å². The molecule has 2 atom stereocenters. The third kappa shape index (κ3) is 15.9. The van der Waals surface area contributed by atoms with Gasteiger partial charge >= 0.3 is 6.09 Å². The van der Waals surface area contributed by atoms with Crippen LogP contribution in [-0.2, 0) is 23.7 Å².